The van der Waals surface area contributed by atoms with Crippen molar-refractivity contribution in [3.63, 3.8) is 0 Å². The Hall–Kier alpha value is -3.15. The number of ketones is 1. The summed E-state index contributed by atoms with van der Waals surface area (Å²) in [6.07, 6.45) is 0.530. The Morgan fingerprint density at radius 3 is 2.70 bits per heavy atom. The zero-order valence-electron chi connectivity index (χ0n) is 15.7. The number of Topliss-reactive ketones (excluding diaryl/α,β-unsaturated/α-hetero) is 1. The average molecular weight is 365 g/mol. The molecule has 0 bridgehead atoms. The van der Waals surface area contributed by atoms with Crippen LogP contribution >= 0.6 is 0 Å². The Balaban J connectivity index is 1.76. The standard InChI is InChI=1S/C21H23N3O3/c1-14(15(2)25)24-19-10-5-4-9-18(19)23-20(24)11-12-22-21(26)16-7-6-8-17(13-16)27-3/h4-10,13-14H,11-12H2,1-3H3,(H,22,26). The first-order valence-corrected chi connectivity index (χ1v) is 8.90. The fourth-order valence-corrected chi connectivity index (χ4v) is 3.04. The van der Waals surface area contributed by atoms with Crippen molar-refractivity contribution in [3.8, 4) is 5.75 Å². The number of methoxy groups -OCH3 is 1. The molecule has 0 aliphatic carbocycles. The number of benzene rings is 2. The highest BCUT2D eigenvalue weighted by molar-refractivity contribution is 5.94. The predicted molar refractivity (Wildman–Crippen MR) is 104 cm³/mol. The number of aromatic nitrogens is 2. The molecule has 1 aromatic heterocycles. The number of para-hydroxylation sites is 2. The van der Waals surface area contributed by atoms with Gasteiger partial charge < -0.3 is 14.6 Å². The Bertz CT molecular complexity index is 978. The lowest BCUT2D eigenvalue weighted by Gasteiger charge is -2.15. The average Bonchev–Trinajstić information content (AvgIpc) is 3.05. The highest BCUT2D eigenvalue weighted by Gasteiger charge is 2.18. The largest absolute Gasteiger partial charge is 0.497 e. The van der Waals surface area contributed by atoms with Crippen molar-refractivity contribution in [2.75, 3.05) is 13.7 Å². The molecule has 0 saturated heterocycles. The van der Waals surface area contributed by atoms with Crippen LogP contribution in [0.2, 0.25) is 0 Å². The molecule has 140 valence electrons. The van der Waals surface area contributed by atoms with Crippen molar-refractivity contribution in [1.29, 1.82) is 0 Å². The maximum Gasteiger partial charge on any atom is 0.251 e. The van der Waals surface area contributed by atoms with Crippen LogP contribution in [0.4, 0.5) is 0 Å². The van der Waals surface area contributed by atoms with Gasteiger partial charge in [0.05, 0.1) is 24.2 Å². The molecule has 3 aromatic rings. The summed E-state index contributed by atoms with van der Waals surface area (Å²) in [5.41, 5.74) is 2.31. The van der Waals surface area contributed by atoms with Crippen LogP contribution in [-0.4, -0.2) is 34.9 Å². The van der Waals surface area contributed by atoms with Gasteiger partial charge in [-0.05, 0) is 44.2 Å². The number of hydrogen-bond donors (Lipinski definition) is 1. The van der Waals surface area contributed by atoms with E-state index in [1.54, 1.807) is 38.3 Å². The minimum Gasteiger partial charge on any atom is -0.497 e. The summed E-state index contributed by atoms with van der Waals surface area (Å²) in [6, 6.07) is 14.4. The minimum atomic E-state index is -0.304. The van der Waals surface area contributed by atoms with Crippen LogP contribution in [0.25, 0.3) is 11.0 Å². The molecule has 3 rings (SSSR count). The fraction of sp³-hybridized carbons (Fsp3) is 0.286. The van der Waals surface area contributed by atoms with Gasteiger partial charge >= 0.3 is 0 Å². The molecule has 6 nitrogen and oxygen atoms in total. The Kier molecular flexibility index (Phi) is 5.54. The van der Waals surface area contributed by atoms with Crippen molar-refractivity contribution in [2.45, 2.75) is 26.3 Å². The second kappa shape index (κ2) is 8.03. The van der Waals surface area contributed by atoms with E-state index in [0.717, 1.165) is 16.9 Å². The van der Waals surface area contributed by atoms with Gasteiger partial charge in [-0.15, -0.1) is 0 Å². The van der Waals surface area contributed by atoms with E-state index in [-0.39, 0.29) is 17.7 Å². The van der Waals surface area contributed by atoms with Gasteiger partial charge in [-0.3, -0.25) is 9.59 Å². The van der Waals surface area contributed by atoms with Gasteiger partial charge in [-0.1, -0.05) is 18.2 Å². The Labute approximate surface area is 158 Å². The topological polar surface area (TPSA) is 73.2 Å². The van der Waals surface area contributed by atoms with E-state index in [9.17, 15) is 9.59 Å². The lowest BCUT2D eigenvalue weighted by molar-refractivity contribution is -0.119. The molecule has 2 aromatic carbocycles. The SMILES string of the molecule is COc1cccc(C(=O)NCCc2nc3ccccc3n2C(C)C(C)=O)c1. The summed E-state index contributed by atoms with van der Waals surface area (Å²) in [6.45, 7) is 3.87. The molecule has 1 atom stereocenters. The van der Waals surface area contributed by atoms with Gasteiger partial charge in [0.25, 0.3) is 5.91 Å². The number of hydrogen-bond acceptors (Lipinski definition) is 4. The Morgan fingerprint density at radius 2 is 1.96 bits per heavy atom. The molecule has 0 saturated carbocycles. The van der Waals surface area contributed by atoms with Crippen LogP contribution in [-0.2, 0) is 11.2 Å². The van der Waals surface area contributed by atoms with Crippen LogP contribution in [0.15, 0.2) is 48.5 Å². The van der Waals surface area contributed by atoms with E-state index in [1.807, 2.05) is 35.8 Å². The first-order valence-electron chi connectivity index (χ1n) is 8.90. The number of nitrogens with one attached hydrogen (secondary N) is 1. The third-order valence-electron chi connectivity index (χ3n) is 4.61. The van der Waals surface area contributed by atoms with E-state index in [4.69, 9.17) is 4.74 Å². The molecule has 0 aliphatic rings. The van der Waals surface area contributed by atoms with Gasteiger partial charge in [0.2, 0.25) is 0 Å². The summed E-state index contributed by atoms with van der Waals surface area (Å²) in [5.74, 6) is 1.32. The maximum atomic E-state index is 12.4. The molecule has 0 spiro atoms. The second-order valence-electron chi connectivity index (χ2n) is 6.41. The number of carbonyl (C=O) groups is 2. The van der Waals surface area contributed by atoms with Crippen molar-refractivity contribution in [3.05, 3.63) is 59.9 Å². The van der Waals surface area contributed by atoms with Gasteiger partial charge in [-0.25, -0.2) is 4.98 Å². The molecule has 1 N–H and O–H groups in total. The smallest absolute Gasteiger partial charge is 0.251 e. The van der Waals surface area contributed by atoms with Gasteiger partial charge in [0.15, 0.2) is 5.78 Å². The molecule has 0 radical (unpaired) electrons. The van der Waals surface area contributed by atoms with E-state index in [1.165, 1.54) is 0 Å². The zero-order chi connectivity index (χ0) is 19.4. The van der Waals surface area contributed by atoms with Crippen LogP contribution in [0.5, 0.6) is 5.75 Å². The first kappa shape index (κ1) is 18.6. The number of amides is 1. The zero-order valence-corrected chi connectivity index (χ0v) is 15.7. The summed E-state index contributed by atoms with van der Waals surface area (Å²) in [5, 5.41) is 2.91. The van der Waals surface area contributed by atoms with E-state index in [2.05, 4.69) is 10.3 Å². The minimum absolute atomic E-state index is 0.0693. The lowest BCUT2D eigenvalue weighted by Crippen LogP contribution is -2.27. The number of imidazole rings is 1. The molecule has 6 heteroatoms. The monoisotopic (exact) mass is 365 g/mol. The number of rotatable bonds is 7. The van der Waals surface area contributed by atoms with Crippen LogP contribution in [0.1, 0.15) is 36.1 Å². The summed E-state index contributed by atoms with van der Waals surface area (Å²) in [4.78, 5) is 28.9. The fourth-order valence-electron chi connectivity index (χ4n) is 3.04. The van der Waals surface area contributed by atoms with E-state index < -0.39 is 0 Å². The lowest BCUT2D eigenvalue weighted by atomic mass is 10.2. The molecule has 1 amide bonds. The van der Waals surface area contributed by atoms with Crippen molar-refractivity contribution >= 4 is 22.7 Å². The predicted octanol–water partition coefficient (Wildman–Crippen LogP) is 3.17. The van der Waals surface area contributed by atoms with Gasteiger partial charge in [0.1, 0.15) is 11.6 Å². The quantitative estimate of drug-likeness (QED) is 0.698. The molecule has 0 fully saturated rings. The van der Waals surface area contributed by atoms with Crippen LogP contribution < -0.4 is 10.1 Å². The molecule has 0 aliphatic heterocycles. The molecular weight excluding hydrogens is 342 g/mol. The number of nitrogens with zero attached hydrogens (tertiary/aromatic N) is 2. The molecule has 1 unspecified atom stereocenters. The van der Waals surface area contributed by atoms with Gasteiger partial charge in [0, 0.05) is 18.5 Å². The summed E-state index contributed by atoms with van der Waals surface area (Å²) >= 11 is 0. The first-order chi connectivity index (χ1) is 13.0. The Morgan fingerprint density at radius 1 is 1.19 bits per heavy atom. The van der Waals surface area contributed by atoms with Crippen LogP contribution in [0.3, 0.4) is 0 Å². The maximum absolute atomic E-state index is 12.4. The third kappa shape index (κ3) is 4.00. The van der Waals surface area contributed by atoms with Crippen molar-refractivity contribution in [1.82, 2.24) is 14.9 Å². The number of carbonyl (C=O) groups excluding carboxylic acids is 2. The second-order valence-corrected chi connectivity index (χ2v) is 6.41. The van der Waals surface area contributed by atoms with Crippen molar-refractivity contribution < 1.29 is 14.3 Å². The summed E-state index contributed by atoms with van der Waals surface area (Å²) in [7, 11) is 1.57. The molecule has 27 heavy (non-hydrogen) atoms. The molecule has 1 heterocycles. The normalized spacial score (nSPS) is 12.0. The third-order valence-corrected chi connectivity index (χ3v) is 4.61. The van der Waals surface area contributed by atoms with Crippen LogP contribution in [0, 0.1) is 0 Å². The van der Waals surface area contributed by atoms with E-state index >= 15 is 0 Å². The summed E-state index contributed by atoms with van der Waals surface area (Å²) < 4.78 is 7.11. The highest BCUT2D eigenvalue weighted by atomic mass is 16.5. The highest BCUT2D eigenvalue weighted by Crippen LogP contribution is 2.22. The molecular formula is C21H23N3O3. The van der Waals surface area contributed by atoms with Crippen molar-refractivity contribution in [2.24, 2.45) is 0 Å². The van der Waals surface area contributed by atoms with Gasteiger partial charge in [-0.2, -0.15) is 0 Å². The number of fused-ring (bicyclic) bond motifs is 1. The number of ether oxygens (including phenoxy) is 1. The van der Waals surface area contributed by atoms with E-state index in [0.29, 0.717) is 24.3 Å².